The van der Waals surface area contributed by atoms with Crippen molar-refractivity contribution in [2.24, 2.45) is 0 Å². The zero-order valence-electron chi connectivity index (χ0n) is 17.9. The molecule has 0 saturated carbocycles. The van der Waals surface area contributed by atoms with Crippen molar-refractivity contribution in [3.63, 3.8) is 0 Å². The van der Waals surface area contributed by atoms with Gasteiger partial charge in [-0.3, -0.25) is 10.1 Å². The maximum Gasteiger partial charge on any atom is 0.353 e. The summed E-state index contributed by atoms with van der Waals surface area (Å²) in [5.41, 5.74) is 0.194. The molecule has 1 atom stereocenters. The normalized spacial score (nSPS) is 12.2. The van der Waals surface area contributed by atoms with Crippen molar-refractivity contribution in [3.8, 4) is 17.4 Å². The van der Waals surface area contributed by atoms with Gasteiger partial charge in [0.2, 0.25) is 11.2 Å². The van der Waals surface area contributed by atoms with Crippen molar-refractivity contribution < 1.29 is 18.8 Å². The van der Waals surface area contributed by atoms with Crippen molar-refractivity contribution in [2.45, 2.75) is 26.6 Å². The van der Waals surface area contributed by atoms with Gasteiger partial charge in [0.1, 0.15) is 23.8 Å². The molecule has 0 aliphatic carbocycles. The molecule has 0 radical (unpaired) electrons. The highest BCUT2D eigenvalue weighted by molar-refractivity contribution is 6.34. The highest BCUT2D eigenvalue weighted by atomic mass is 35.5. The fourth-order valence-corrected chi connectivity index (χ4v) is 3.54. The monoisotopic (exact) mass is 511 g/mol. The Bertz CT molecular complexity index is 1390. The Morgan fingerprint density at radius 3 is 2.65 bits per heavy atom. The van der Waals surface area contributed by atoms with Crippen molar-refractivity contribution in [1.82, 2.24) is 39.5 Å². The van der Waals surface area contributed by atoms with Crippen LogP contribution < -0.4 is 9.47 Å². The van der Waals surface area contributed by atoms with Gasteiger partial charge < -0.3 is 9.47 Å². The number of ether oxygens (including phenoxy) is 2. The summed E-state index contributed by atoms with van der Waals surface area (Å²) in [6.45, 7) is 2.27. The van der Waals surface area contributed by atoms with Crippen LogP contribution in [0.4, 0.5) is 10.1 Å². The number of hydrogen-bond donors (Lipinski definition) is 0. The Hall–Kier alpha value is -3.65. The lowest BCUT2D eigenvalue weighted by Gasteiger charge is -2.09. The largest absolute Gasteiger partial charge is 0.479 e. The molecule has 0 aliphatic heterocycles. The Kier molecular flexibility index (Phi) is 6.43. The molecule has 34 heavy (non-hydrogen) atoms. The van der Waals surface area contributed by atoms with E-state index < -0.39 is 23.4 Å². The Labute approximate surface area is 200 Å². The van der Waals surface area contributed by atoms with Crippen LogP contribution in [-0.2, 0) is 6.54 Å². The first kappa shape index (κ1) is 23.5. The van der Waals surface area contributed by atoms with Crippen LogP contribution in [0.15, 0.2) is 12.4 Å². The van der Waals surface area contributed by atoms with Gasteiger partial charge in [0.15, 0.2) is 17.0 Å². The van der Waals surface area contributed by atoms with Crippen LogP contribution in [0.1, 0.15) is 11.5 Å². The van der Waals surface area contributed by atoms with E-state index in [0.29, 0.717) is 11.2 Å². The van der Waals surface area contributed by atoms with E-state index in [1.54, 1.807) is 6.92 Å². The van der Waals surface area contributed by atoms with Crippen molar-refractivity contribution in [2.75, 3.05) is 13.7 Å². The fraction of sp³-hybridized carbons (Fsp3) is 0.333. The molecule has 178 valence electrons. The molecule has 13 nitrogen and oxygen atoms in total. The van der Waals surface area contributed by atoms with E-state index in [1.807, 2.05) is 0 Å². The lowest BCUT2D eigenvalue weighted by molar-refractivity contribution is -0.386. The van der Waals surface area contributed by atoms with Crippen LogP contribution in [0.25, 0.3) is 16.7 Å². The second kappa shape index (κ2) is 9.30. The smallest absolute Gasteiger partial charge is 0.353 e. The second-order valence-electron chi connectivity index (χ2n) is 6.98. The predicted octanol–water partition coefficient (Wildman–Crippen LogP) is 3.06. The summed E-state index contributed by atoms with van der Waals surface area (Å²) in [6, 6.07) is 0. The van der Waals surface area contributed by atoms with Crippen LogP contribution in [-0.4, -0.2) is 64.3 Å². The first-order chi connectivity index (χ1) is 16.2. The molecule has 4 aromatic heterocycles. The molecule has 0 saturated heterocycles. The average Bonchev–Trinajstić information content (AvgIpc) is 3.28. The minimum atomic E-state index is -1.64. The van der Waals surface area contributed by atoms with Crippen molar-refractivity contribution in [3.05, 3.63) is 44.5 Å². The molecule has 0 amide bonds. The van der Waals surface area contributed by atoms with E-state index >= 15 is 0 Å². The number of halogens is 3. The molecule has 0 aliphatic rings. The number of hydrogen-bond acceptors (Lipinski definition) is 10. The highest BCUT2D eigenvalue weighted by Crippen LogP contribution is 2.33. The number of alkyl halides is 1. The van der Waals surface area contributed by atoms with Gasteiger partial charge in [0, 0.05) is 6.20 Å². The Morgan fingerprint density at radius 1 is 1.18 bits per heavy atom. The summed E-state index contributed by atoms with van der Waals surface area (Å²) in [4.78, 5) is 27.1. The lowest BCUT2D eigenvalue weighted by Crippen LogP contribution is -2.21. The van der Waals surface area contributed by atoms with Gasteiger partial charge in [-0.1, -0.05) is 11.6 Å². The van der Waals surface area contributed by atoms with Crippen LogP contribution >= 0.6 is 23.2 Å². The third-order valence-corrected chi connectivity index (χ3v) is 5.16. The maximum atomic E-state index is 14.8. The number of nitro groups is 1. The Morgan fingerprint density at radius 2 is 1.94 bits per heavy atom. The van der Waals surface area contributed by atoms with E-state index in [1.165, 1.54) is 35.8 Å². The first-order valence-electron chi connectivity index (χ1n) is 9.63. The standard InChI is InChI=1S/C18H16Cl2FN9O4/c1-8-13(30(31)32)17(27-29(8)12-5-22-9(2)24-16(12)33-3)34-7-10(21)6-28-15-11(14(19)26-28)4-23-18(20)25-15/h4-5,10H,6-7H2,1-3H3. The molecule has 4 aromatic rings. The van der Waals surface area contributed by atoms with E-state index in [2.05, 4.69) is 30.1 Å². The number of rotatable bonds is 8. The molecule has 0 bridgehead atoms. The third-order valence-electron chi connectivity index (χ3n) is 4.70. The van der Waals surface area contributed by atoms with Gasteiger partial charge in [-0.15, -0.1) is 5.10 Å². The maximum absolute atomic E-state index is 14.8. The zero-order valence-corrected chi connectivity index (χ0v) is 19.4. The molecule has 0 aromatic carbocycles. The second-order valence-corrected chi connectivity index (χ2v) is 7.67. The van der Waals surface area contributed by atoms with Crippen LogP contribution in [0, 0.1) is 24.0 Å². The van der Waals surface area contributed by atoms with Gasteiger partial charge in [-0.05, 0) is 25.4 Å². The molecular weight excluding hydrogens is 496 g/mol. The predicted molar refractivity (Wildman–Crippen MR) is 118 cm³/mol. The van der Waals surface area contributed by atoms with E-state index in [0.717, 1.165) is 0 Å². The number of aryl methyl sites for hydroxylation is 1. The lowest BCUT2D eigenvalue weighted by atomic mass is 10.3. The molecule has 4 heterocycles. The summed E-state index contributed by atoms with van der Waals surface area (Å²) in [7, 11) is 1.40. The van der Waals surface area contributed by atoms with Gasteiger partial charge in [-0.2, -0.15) is 15.1 Å². The van der Waals surface area contributed by atoms with Crippen molar-refractivity contribution in [1.29, 1.82) is 0 Å². The third kappa shape index (κ3) is 4.41. The highest BCUT2D eigenvalue weighted by Gasteiger charge is 2.30. The summed E-state index contributed by atoms with van der Waals surface area (Å²) < 4.78 is 27.8. The van der Waals surface area contributed by atoms with Gasteiger partial charge in [-0.25, -0.2) is 23.7 Å². The SMILES string of the molecule is COc1nc(C)ncc1-n1nc(OCC(F)Cn2nc(Cl)c3cnc(Cl)nc32)c([N+](=O)[O-])c1C. The number of methoxy groups -OCH3 is 1. The Balaban J connectivity index is 1.58. The number of aromatic nitrogens is 8. The minimum absolute atomic E-state index is 0.0517. The quantitative estimate of drug-likeness (QED) is 0.196. The number of fused-ring (bicyclic) bond motifs is 1. The van der Waals surface area contributed by atoms with E-state index in [-0.39, 0.29) is 45.8 Å². The van der Waals surface area contributed by atoms with Crippen LogP contribution in [0.3, 0.4) is 0 Å². The van der Waals surface area contributed by atoms with Crippen molar-refractivity contribution >= 4 is 39.9 Å². The minimum Gasteiger partial charge on any atom is -0.479 e. The summed E-state index contributed by atoms with van der Waals surface area (Å²) in [5.74, 6) is 0.224. The number of nitrogens with zero attached hydrogens (tertiary/aromatic N) is 9. The molecule has 0 spiro atoms. The zero-order chi connectivity index (χ0) is 24.6. The summed E-state index contributed by atoms with van der Waals surface area (Å²) in [5, 5.41) is 20.3. The first-order valence-corrected chi connectivity index (χ1v) is 10.4. The molecule has 4 rings (SSSR count). The molecular formula is C18H16Cl2FN9O4. The summed E-state index contributed by atoms with van der Waals surface area (Å²) >= 11 is 11.8. The van der Waals surface area contributed by atoms with Gasteiger partial charge >= 0.3 is 11.6 Å². The molecule has 0 N–H and O–H groups in total. The van der Waals surface area contributed by atoms with E-state index in [9.17, 15) is 14.5 Å². The molecule has 0 fully saturated rings. The molecule has 16 heteroatoms. The van der Waals surface area contributed by atoms with E-state index in [4.69, 9.17) is 32.7 Å². The van der Waals surface area contributed by atoms with Gasteiger partial charge in [0.05, 0.1) is 30.2 Å². The van der Waals surface area contributed by atoms with Gasteiger partial charge in [0.25, 0.3) is 0 Å². The molecule has 1 unspecified atom stereocenters. The fourth-order valence-electron chi connectivity index (χ4n) is 3.19. The average molecular weight is 512 g/mol. The van der Waals surface area contributed by atoms with Crippen LogP contribution in [0.2, 0.25) is 10.4 Å². The van der Waals surface area contributed by atoms with Crippen LogP contribution in [0.5, 0.6) is 11.8 Å². The summed E-state index contributed by atoms with van der Waals surface area (Å²) in [6.07, 6.45) is 1.14. The topological polar surface area (TPSA) is 149 Å².